The molecule has 0 saturated heterocycles. The molecule has 0 fully saturated rings. The first-order valence-electron chi connectivity index (χ1n) is 0.258. The molecule has 0 N–H and O–H groups in total. The third-order valence-electron chi connectivity index (χ3n) is 0. The van der Waals surface area contributed by atoms with Crippen molar-refractivity contribution in [2.75, 3.05) is 0 Å². The molecule has 0 heterocycles. The van der Waals surface area contributed by atoms with Crippen molar-refractivity contribution in [3.63, 3.8) is 0 Å². The number of rotatable bonds is 0. The Morgan fingerprint density at radius 2 is 1.25 bits per heavy atom. The first-order chi connectivity index (χ1) is 1.00. The van der Waals surface area contributed by atoms with Crippen molar-refractivity contribution in [1.29, 1.82) is 0 Å². The van der Waals surface area contributed by atoms with E-state index in [0.717, 1.165) is 0 Å². The molecule has 0 aromatic heterocycles. The van der Waals surface area contributed by atoms with Crippen molar-refractivity contribution in [3.05, 3.63) is 0 Å². The first kappa shape index (κ1) is 15.7. The maximum atomic E-state index is 2.35. The van der Waals surface area contributed by atoms with Crippen LogP contribution in [0.4, 0.5) is 0 Å². The zero-order valence-corrected chi connectivity index (χ0v) is 4.06. The van der Waals surface area contributed by atoms with Crippen molar-refractivity contribution in [2.45, 2.75) is 0 Å². The number of hydrogen-bond donors (Lipinski definition) is 0. The maximum absolute atomic E-state index is 2.35. The molecular weight excluding hydrogens is 189 g/mol. The van der Waals surface area contributed by atoms with Gasteiger partial charge in [0.2, 0.25) is 0 Å². The van der Waals surface area contributed by atoms with E-state index >= 15 is 0 Å². The first-order valence-corrected chi connectivity index (χ1v) is 4.02. The van der Waals surface area contributed by atoms with Gasteiger partial charge in [-0.25, -0.2) is 0 Å². The second-order valence-electron chi connectivity index (χ2n) is 0. The SMILES string of the molecule is P[SeH].[CaH2].[KH]. The third kappa shape index (κ3) is 9.28. The van der Waals surface area contributed by atoms with Crippen LogP contribution in [0.2, 0.25) is 0 Å². The van der Waals surface area contributed by atoms with Gasteiger partial charge in [0, 0.05) is 0 Å². The van der Waals surface area contributed by atoms with Crippen LogP contribution in [0.1, 0.15) is 0 Å². The van der Waals surface area contributed by atoms with Gasteiger partial charge in [0.1, 0.15) is 0 Å². The standard InChI is InChI=1S/Ca.K.H3PSe.3H/c;;1-2;;;/h;;2H,1H2;;;. The van der Waals surface area contributed by atoms with E-state index in [4.69, 9.17) is 0 Å². The summed E-state index contributed by atoms with van der Waals surface area (Å²) in [5, 5.41) is 0. The van der Waals surface area contributed by atoms with Gasteiger partial charge in [0.05, 0.1) is 0 Å². The minimum atomic E-state index is 0. The van der Waals surface area contributed by atoms with Crippen LogP contribution >= 0.6 is 7.93 Å². The van der Waals surface area contributed by atoms with Crippen molar-refractivity contribution < 1.29 is 0 Å². The zero-order chi connectivity index (χ0) is 2.00. The van der Waals surface area contributed by atoms with Gasteiger partial charge in [0.15, 0.2) is 0 Å². The van der Waals surface area contributed by atoms with Crippen LogP contribution in [0, 0.1) is 0 Å². The summed E-state index contributed by atoms with van der Waals surface area (Å²) in [6.07, 6.45) is 0. The van der Waals surface area contributed by atoms with Crippen molar-refractivity contribution in [1.82, 2.24) is 0 Å². The third-order valence-corrected chi connectivity index (χ3v) is 0. The molecule has 0 amide bonds. The predicted molar refractivity (Wildman–Crippen MR) is 32.6 cm³/mol. The van der Waals surface area contributed by atoms with E-state index in [1.807, 2.05) is 0 Å². The van der Waals surface area contributed by atoms with E-state index < -0.39 is 0 Å². The van der Waals surface area contributed by atoms with E-state index in [1.54, 1.807) is 0 Å². The molecule has 0 spiro atoms. The molecule has 4 heavy (non-hydrogen) atoms. The second kappa shape index (κ2) is 15.8. The van der Waals surface area contributed by atoms with Crippen molar-refractivity contribution in [2.24, 2.45) is 0 Å². The van der Waals surface area contributed by atoms with E-state index in [0.29, 0.717) is 0 Å². The Balaban J connectivity index is -0.00000000500. The molecule has 0 rings (SSSR count). The molecule has 0 aliphatic carbocycles. The van der Waals surface area contributed by atoms with Crippen LogP contribution in [0.25, 0.3) is 0 Å². The van der Waals surface area contributed by atoms with Gasteiger partial charge in [-0.05, 0) is 0 Å². The summed E-state index contributed by atoms with van der Waals surface area (Å²) in [7, 11) is 2.35. The zero-order valence-electron chi connectivity index (χ0n) is 1.02. The van der Waals surface area contributed by atoms with Gasteiger partial charge in [0.25, 0.3) is 0 Å². The molecule has 0 aromatic rings. The summed E-state index contributed by atoms with van der Waals surface area (Å²) in [6.45, 7) is 0. The Morgan fingerprint density at radius 1 is 1.25 bits per heavy atom. The van der Waals surface area contributed by atoms with Crippen LogP contribution in [0.15, 0.2) is 0 Å². The van der Waals surface area contributed by atoms with Crippen LogP contribution in [-0.4, -0.2) is 105 Å². The molecule has 1 unspecified atom stereocenters. The van der Waals surface area contributed by atoms with Crippen molar-refractivity contribution >= 4 is 113 Å². The van der Waals surface area contributed by atoms with Crippen LogP contribution < -0.4 is 0 Å². The Labute approximate surface area is 109 Å². The molecule has 0 radical (unpaired) electrons. The van der Waals surface area contributed by atoms with Crippen LogP contribution in [-0.2, 0) is 0 Å². The Kier molecular flexibility index (Phi) is 61.9. The Hall–Kier alpha value is 3.85. The quantitative estimate of drug-likeness (QED) is 0.313. The van der Waals surface area contributed by atoms with Crippen LogP contribution in [0.5, 0.6) is 0 Å². The Bertz CT molecular complexity index is 8.00. The van der Waals surface area contributed by atoms with Gasteiger partial charge in [-0.1, -0.05) is 0 Å². The fourth-order valence-electron chi connectivity index (χ4n) is 0. The molecule has 0 aromatic carbocycles. The number of hydrogen-bond acceptors (Lipinski definition) is 0. The monoisotopic (exact) mass is 196 g/mol. The van der Waals surface area contributed by atoms with Gasteiger partial charge < -0.3 is 0 Å². The summed E-state index contributed by atoms with van der Waals surface area (Å²) < 4.78 is 0. The van der Waals surface area contributed by atoms with E-state index in [-0.39, 0.29) is 89.1 Å². The van der Waals surface area contributed by atoms with Gasteiger partial charge >= 0.3 is 113 Å². The molecular formula is H6CaKPSe. The molecule has 0 aliphatic heterocycles. The predicted octanol–water partition coefficient (Wildman–Crippen LogP) is -1.89. The summed E-state index contributed by atoms with van der Waals surface area (Å²) in [5.41, 5.74) is 0. The molecule has 1 atom stereocenters. The summed E-state index contributed by atoms with van der Waals surface area (Å²) in [6, 6.07) is 0. The topological polar surface area (TPSA) is 0 Å². The van der Waals surface area contributed by atoms with Gasteiger partial charge in [-0.3, -0.25) is 0 Å². The van der Waals surface area contributed by atoms with Gasteiger partial charge in [-0.2, -0.15) is 0 Å². The summed E-state index contributed by atoms with van der Waals surface area (Å²) in [5.74, 6) is 0. The van der Waals surface area contributed by atoms with E-state index in [2.05, 4.69) is 23.5 Å². The summed E-state index contributed by atoms with van der Waals surface area (Å²) >= 11 is 2.23. The normalized spacial score (nSPS) is 1.50. The average Bonchev–Trinajstić information content (AvgIpc) is 1.00. The van der Waals surface area contributed by atoms with E-state index in [1.165, 1.54) is 0 Å². The Morgan fingerprint density at radius 3 is 1.25 bits per heavy atom. The van der Waals surface area contributed by atoms with Gasteiger partial charge in [-0.15, -0.1) is 0 Å². The summed E-state index contributed by atoms with van der Waals surface area (Å²) in [4.78, 5) is 0. The minimum absolute atomic E-state index is 0. The fourth-order valence-corrected chi connectivity index (χ4v) is 0. The molecule has 4 heteroatoms. The van der Waals surface area contributed by atoms with Crippen molar-refractivity contribution in [3.8, 4) is 0 Å². The molecule has 20 valence electrons. The molecule has 0 saturated carbocycles. The van der Waals surface area contributed by atoms with Crippen LogP contribution in [0.3, 0.4) is 0 Å². The fraction of sp³-hybridized carbons (Fsp3) is 0. The molecule has 0 aliphatic rings. The van der Waals surface area contributed by atoms with E-state index in [9.17, 15) is 0 Å². The molecule has 0 bridgehead atoms. The average molecular weight is 195 g/mol. The molecule has 0 nitrogen and oxygen atoms in total. The second-order valence-corrected chi connectivity index (χ2v) is 0.